The standard InChI is InChI=1S/C42H26N2S/c1-2-13-28(14-3-1)43-37-21-7-4-16-31(37)34-24-25-35-32-17-5-8-22-38(32)44(41(35)40(34)43)29-15-10-12-27(26-29)30-19-11-20-36-33-18-6-9-23-39(33)45-42(30)36/h1-26H. The maximum atomic E-state index is 2.49. The number of hydrogen-bond donors (Lipinski definition) is 0. The fraction of sp³-hybridized carbons (Fsp3) is 0. The van der Waals surface area contributed by atoms with E-state index in [0.717, 1.165) is 11.4 Å². The van der Waals surface area contributed by atoms with Crippen LogP contribution in [0.15, 0.2) is 158 Å². The molecule has 3 heteroatoms. The summed E-state index contributed by atoms with van der Waals surface area (Å²) in [6.45, 7) is 0. The number of benzene rings is 7. The number of fused-ring (bicyclic) bond motifs is 10. The summed E-state index contributed by atoms with van der Waals surface area (Å²) in [7, 11) is 0. The first-order valence-electron chi connectivity index (χ1n) is 15.4. The van der Waals surface area contributed by atoms with Gasteiger partial charge in [0.05, 0.1) is 22.1 Å². The number of thiophene rings is 1. The molecule has 3 heterocycles. The highest BCUT2D eigenvalue weighted by Crippen LogP contribution is 2.43. The molecule has 45 heavy (non-hydrogen) atoms. The molecule has 0 aliphatic heterocycles. The van der Waals surface area contributed by atoms with E-state index < -0.39 is 0 Å². The van der Waals surface area contributed by atoms with Gasteiger partial charge in [0.25, 0.3) is 0 Å². The van der Waals surface area contributed by atoms with Crippen LogP contribution in [0.25, 0.3) is 86.3 Å². The quantitative estimate of drug-likeness (QED) is 0.194. The third-order valence-electron chi connectivity index (χ3n) is 9.30. The molecule has 0 spiro atoms. The highest BCUT2D eigenvalue weighted by molar-refractivity contribution is 7.26. The van der Waals surface area contributed by atoms with Crippen LogP contribution in [-0.4, -0.2) is 9.13 Å². The van der Waals surface area contributed by atoms with Crippen molar-refractivity contribution in [2.24, 2.45) is 0 Å². The van der Waals surface area contributed by atoms with E-state index in [1.54, 1.807) is 0 Å². The number of rotatable bonds is 3. The minimum atomic E-state index is 1.16. The van der Waals surface area contributed by atoms with Gasteiger partial charge in [-0.3, -0.25) is 0 Å². The monoisotopic (exact) mass is 590 g/mol. The minimum Gasteiger partial charge on any atom is -0.307 e. The van der Waals surface area contributed by atoms with Crippen molar-refractivity contribution in [3.63, 3.8) is 0 Å². The summed E-state index contributed by atoms with van der Waals surface area (Å²) in [5, 5.41) is 7.70. The Balaban J connectivity index is 1.33. The molecule has 0 amide bonds. The molecule has 210 valence electrons. The van der Waals surface area contributed by atoms with Crippen molar-refractivity contribution >= 4 is 75.1 Å². The average Bonchev–Trinajstić information content (AvgIpc) is 3.76. The Morgan fingerprint density at radius 2 is 0.933 bits per heavy atom. The van der Waals surface area contributed by atoms with Crippen LogP contribution in [0.4, 0.5) is 0 Å². The summed E-state index contributed by atoms with van der Waals surface area (Å²) in [4.78, 5) is 0. The highest BCUT2D eigenvalue weighted by atomic mass is 32.1. The van der Waals surface area contributed by atoms with Crippen LogP contribution in [-0.2, 0) is 0 Å². The SMILES string of the molecule is c1ccc(-n2c3ccccc3c3ccc4c5ccccc5n(-c5cccc(-c6cccc7c6sc6ccccc67)c5)c4c32)cc1. The maximum Gasteiger partial charge on any atom is 0.0788 e. The van der Waals surface area contributed by atoms with E-state index in [9.17, 15) is 0 Å². The van der Waals surface area contributed by atoms with Crippen molar-refractivity contribution in [2.75, 3.05) is 0 Å². The highest BCUT2D eigenvalue weighted by Gasteiger charge is 2.21. The van der Waals surface area contributed by atoms with Crippen LogP contribution in [0.2, 0.25) is 0 Å². The van der Waals surface area contributed by atoms with Gasteiger partial charge in [-0.2, -0.15) is 0 Å². The van der Waals surface area contributed by atoms with Crippen molar-refractivity contribution in [3.05, 3.63) is 158 Å². The second kappa shape index (κ2) is 9.43. The lowest BCUT2D eigenvalue weighted by atomic mass is 10.0. The Bertz CT molecular complexity index is 2760. The summed E-state index contributed by atoms with van der Waals surface area (Å²) in [5.41, 5.74) is 9.72. The molecule has 2 nitrogen and oxygen atoms in total. The number of hydrogen-bond acceptors (Lipinski definition) is 1. The lowest BCUT2D eigenvalue weighted by Gasteiger charge is -2.14. The third-order valence-corrected chi connectivity index (χ3v) is 10.5. The van der Waals surface area contributed by atoms with E-state index in [4.69, 9.17) is 0 Å². The first kappa shape index (κ1) is 24.8. The summed E-state index contributed by atoms with van der Waals surface area (Å²) < 4.78 is 7.60. The van der Waals surface area contributed by atoms with E-state index in [2.05, 4.69) is 167 Å². The molecule has 0 unspecified atom stereocenters. The van der Waals surface area contributed by atoms with E-state index in [1.807, 2.05) is 11.3 Å². The fourth-order valence-electron chi connectivity index (χ4n) is 7.40. The van der Waals surface area contributed by atoms with Crippen LogP contribution < -0.4 is 0 Å². The van der Waals surface area contributed by atoms with Crippen molar-refractivity contribution in [2.45, 2.75) is 0 Å². The predicted octanol–water partition coefficient (Wildman–Crippen LogP) is 11.9. The maximum absolute atomic E-state index is 2.49. The lowest BCUT2D eigenvalue weighted by molar-refractivity contribution is 1.15. The molecule has 0 aliphatic carbocycles. The summed E-state index contributed by atoms with van der Waals surface area (Å²) in [6.07, 6.45) is 0. The normalized spacial score (nSPS) is 12.0. The smallest absolute Gasteiger partial charge is 0.0788 e. The first-order valence-corrected chi connectivity index (χ1v) is 16.2. The van der Waals surface area contributed by atoms with Gasteiger partial charge in [-0.1, -0.05) is 115 Å². The summed E-state index contributed by atoms with van der Waals surface area (Å²) in [6, 6.07) is 57.6. The van der Waals surface area contributed by atoms with Gasteiger partial charge in [-0.05, 0) is 53.6 Å². The van der Waals surface area contributed by atoms with Gasteiger partial charge < -0.3 is 9.13 Å². The molecule has 7 aromatic carbocycles. The summed E-state index contributed by atoms with van der Waals surface area (Å²) in [5.74, 6) is 0. The van der Waals surface area contributed by atoms with Crippen LogP contribution in [0, 0.1) is 0 Å². The molecule has 3 aromatic heterocycles. The average molecular weight is 591 g/mol. The molecule has 0 fully saturated rings. The second-order valence-electron chi connectivity index (χ2n) is 11.7. The molecular weight excluding hydrogens is 565 g/mol. The molecule has 0 atom stereocenters. The van der Waals surface area contributed by atoms with Crippen molar-refractivity contribution in [1.29, 1.82) is 0 Å². The molecule has 0 saturated carbocycles. The molecule has 0 N–H and O–H groups in total. The largest absolute Gasteiger partial charge is 0.307 e. The Hall–Kier alpha value is -5.64. The molecule has 10 rings (SSSR count). The number of nitrogens with zero attached hydrogens (tertiary/aromatic N) is 2. The molecule has 0 aliphatic rings. The zero-order chi connectivity index (χ0) is 29.5. The topological polar surface area (TPSA) is 9.86 Å². The van der Waals surface area contributed by atoms with Gasteiger partial charge >= 0.3 is 0 Å². The van der Waals surface area contributed by atoms with E-state index in [1.165, 1.54) is 74.9 Å². The molecule has 10 aromatic rings. The van der Waals surface area contributed by atoms with Gasteiger partial charge in [0.1, 0.15) is 0 Å². The summed E-state index contributed by atoms with van der Waals surface area (Å²) >= 11 is 1.89. The Morgan fingerprint density at radius 3 is 1.67 bits per heavy atom. The minimum absolute atomic E-state index is 1.16. The number of para-hydroxylation sites is 3. The Labute approximate surface area is 263 Å². The van der Waals surface area contributed by atoms with Crippen molar-refractivity contribution in [1.82, 2.24) is 9.13 Å². The zero-order valence-electron chi connectivity index (χ0n) is 24.3. The molecule has 0 saturated heterocycles. The van der Waals surface area contributed by atoms with Crippen LogP contribution in [0.3, 0.4) is 0 Å². The Morgan fingerprint density at radius 1 is 0.378 bits per heavy atom. The van der Waals surface area contributed by atoms with Gasteiger partial charge in [0.15, 0.2) is 0 Å². The third kappa shape index (κ3) is 3.50. The van der Waals surface area contributed by atoms with Gasteiger partial charge in [-0.25, -0.2) is 0 Å². The van der Waals surface area contributed by atoms with Crippen LogP contribution in [0.1, 0.15) is 0 Å². The van der Waals surface area contributed by atoms with E-state index in [0.29, 0.717) is 0 Å². The fourth-order valence-corrected chi connectivity index (χ4v) is 8.64. The van der Waals surface area contributed by atoms with Crippen LogP contribution in [0.5, 0.6) is 0 Å². The predicted molar refractivity (Wildman–Crippen MR) is 193 cm³/mol. The number of aromatic nitrogens is 2. The Kier molecular flexibility index (Phi) is 5.19. The zero-order valence-corrected chi connectivity index (χ0v) is 25.1. The van der Waals surface area contributed by atoms with Gasteiger partial charge in [-0.15, -0.1) is 11.3 Å². The molecular formula is C42H26N2S. The second-order valence-corrected chi connectivity index (χ2v) is 12.8. The lowest BCUT2D eigenvalue weighted by Crippen LogP contribution is -1.98. The van der Waals surface area contributed by atoms with Gasteiger partial charge in [0, 0.05) is 53.1 Å². The molecule has 0 radical (unpaired) electrons. The first-order chi connectivity index (χ1) is 22.3. The van der Waals surface area contributed by atoms with Crippen LogP contribution >= 0.6 is 11.3 Å². The molecule has 0 bridgehead atoms. The van der Waals surface area contributed by atoms with E-state index in [-0.39, 0.29) is 0 Å². The van der Waals surface area contributed by atoms with Crippen molar-refractivity contribution in [3.8, 4) is 22.5 Å². The van der Waals surface area contributed by atoms with E-state index >= 15 is 0 Å². The van der Waals surface area contributed by atoms with Gasteiger partial charge in [0.2, 0.25) is 0 Å². The van der Waals surface area contributed by atoms with Crippen molar-refractivity contribution < 1.29 is 0 Å².